The summed E-state index contributed by atoms with van der Waals surface area (Å²) in [6, 6.07) is 57.2. The molecule has 4 heterocycles. The molecule has 12 rings (SSSR count). The van der Waals surface area contributed by atoms with Crippen molar-refractivity contribution in [3.8, 4) is 28.2 Å². The van der Waals surface area contributed by atoms with Crippen molar-refractivity contribution in [2.24, 2.45) is 0 Å². The lowest BCUT2D eigenvalue weighted by atomic mass is 9.98. The summed E-state index contributed by atoms with van der Waals surface area (Å²) in [5.41, 5.74) is 9.56. The molecule has 0 bridgehead atoms. The van der Waals surface area contributed by atoms with Gasteiger partial charge < -0.3 is 8.83 Å². The Kier molecular flexibility index (Phi) is 5.71. The highest BCUT2D eigenvalue weighted by Crippen LogP contribution is 2.47. The number of aromatic nitrogens is 3. The van der Waals surface area contributed by atoms with Crippen molar-refractivity contribution in [2.45, 2.75) is 0 Å². The van der Waals surface area contributed by atoms with Gasteiger partial charge >= 0.3 is 0 Å². The van der Waals surface area contributed by atoms with E-state index >= 15 is 0 Å². The van der Waals surface area contributed by atoms with E-state index in [0.717, 1.165) is 98.8 Å². The first kappa shape index (κ1) is 28.5. The number of fused-ring (bicyclic) bond motifs is 14. The number of nitrogens with zero attached hydrogens (tertiary/aromatic N) is 3. The van der Waals surface area contributed by atoms with Gasteiger partial charge in [0, 0.05) is 32.5 Å². The van der Waals surface area contributed by atoms with Crippen molar-refractivity contribution in [1.29, 1.82) is 0 Å². The molecule has 246 valence electrons. The molecule has 0 N–H and O–H groups in total. The Morgan fingerprint density at radius 1 is 0.434 bits per heavy atom. The Hall–Kier alpha value is -7.24. The molecule has 0 aliphatic heterocycles. The lowest BCUT2D eigenvalue weighted by Crippen LogP contribution is -2.03. The quantitative estimate of drug-likeness (QED) is 0.187. The van der Waals surface area contributed by atoms with Crippen molar-refractivity contribution in [2.75, 3.05) is 0 Å². The largest absolute Gasteiger partial charge is 0.454 e. The molecule has 0 saturated heterocycles. The summed E-state index contributed by atoms with van der Waals surface area (Å²) >= 11 is 0. The van der Waals surface area contributed by atoms with E-state index in [-0.39, 0.29) is 0 Å². The summed E-state index contributed by atoms with van der Waals surface area (Å²) in [7, 11) is 0. The first-order chi connectivity index (χ1) is 26.3. The fourth-order valence-corrected chi connectivity index (χ4v) is 8.42. The normalized spacial score (nSPS) is 12.2. The first-order valence-electron chi connectivity index (χ1n) is 17.8. The maximum atomic E-state index is 7.04. The number of para-hydroxylation sites is 2. The Balaban J connectivity index is 1.28. The second kappa shape index (κ2) is 10.6. The van der Waals surface area contributed by atoms with Crippen LogP contribution in [0, 0.1) is 0 Å². The van der Waals surface area contributed by atoms with Gasteiger partial charge in [-0.1, -0.05) is 127 Å². The Morgan fingerprint density at radius 3 is 1.94 bits per heavy atom. The van der Waals surface area contributed by atoms with Gasteiger partial charge in [0.1, 0.15) is 22.4 Å². The van der Waals surface area contributed by atoms with Gasteiger partial charge in [0.25, 0.3) is 0 Å². The van der Waals surface area contributed by atoms with Gasteiger partial charge in [-0.25, -0.2) is 4.98 Å². The molecule has 0 amide bonds. The van der Waals surface area contributed by atoms with Gasteiger partial charge in [-0.2, -0.15) is 4.98 Å². The third kappa shape index (κ3) is 4.02. The van der Waals surface area contributed by atoms with E-state index in [2.05, 4.69) is 138 Å². The summed E-state index contributed by atoms with van der Waals surface area (Å²) < 4.78 is 15.7. The van der Waals surface area contributed by atoms with Crippen LogP contribution >= 0.6 is 0 Å². The Bertz CT molecular complexity index is 3460. The van der Waals surface area contributed by atoms with E-state index in [1.165, 1.54) is 5.39 Å². The second-order valence-electron chi connectivity index (χ2n) is 13.7. The van der Waals surface area contributed by atoms with Crippen LogP contribution in [0.3, 0.4) is 0 Å². The molecule has 0 unspecified atom stereocenters. The lowest BCUT2D eigenvalue weighted by Gasteiger charge is -2.14. The topological polar surface area (TPSA) is 57.0 Å². The van der Waals surface area contributed by atoms with Crippen LogP contribution in [-0.2, 0) is 0 Å². The van der Waals surface area contributed by atoms with Crippen molar-refractivity contribution < 1.29 is 8.83 Å². The summed E-state index contributed by atoms with van der Waals surface area (Å²) in [4.78, 5) is 10.9. The van der Waals surface area contributed by atoms with E-state index in [0.29, 0.717) is 11.5 Å². The maximum Gasteiger partial charge on any atom is 0.248 e. The van der Waals surface area contributed by atoms with Crippen LogP contribution in [0.4, 0.5) is 0 Å². The molecular weight excluding hydrogens is 651 g/mol. The van der Waals surface area contributed by atoms with Crippen molar-refractivity contribution >= 4 is 87.5 Å². The van der Waals surface area contributed by atoms with Crippen LogP contribution in [0.5, 0.6) is 0 Å². The zero-order chi connectivity index (χ0) is 34.6. The molecule has 0 aliphatic carbocycles. The van der Waals surface area contributed by atoms with E-state index < -0.39 is 0 Å². The fraction of sp³-hybridized carbons (Fsp3) is 0. The molecule has 12 aromatic rings. The molecule has 4 aromatic heterocycles. The summed E-state index contributed by atoms with van der Waals surface area (Å²) in [6.07, 6.45) is 0. The number of hydrogen-bond donors (Lipinski definition) is 0. The summed E-state index contributed by atoms with van der Waals surface area (Å²) in [6.45, 7) is 0. The van der Waals surface area contributed by atoms with E-state index in [1.807, 2.05) is 30.3 Å². The number of hydrogen-bond acceptors (Lipinski definition) is 4. The highest BCUT2D eigenvalue weighted by Gasteiger charge is 2.27. The van der Waals surface area contributed by atoms with Crippen LogP contribution in [0.25, 0.3) is 116 Å². The Labute approximate surface area is 302 Å². The molecule has 0 spiro atoms. The van der Waals surface area contributed by atoms with Gasteiger partial charge in [0.15, 0.2) is 11.4 Å². The zero-order valence-electron chi connectivity index (χ0n) is 28.2. The minimum atomic E-state index is 0.489. The monoisotopic (exact) mass is 677 g/mol. The van der Waals surface area contributed by atoms with Crippen LogP contribution in [0.15, 0.2) is 173 Å². The number of furan rings is 2. The van der Waals surface area contributed by atoms with Crippen LogP contribution in [-0.4, -0.2) is 14.5 Å². The van der Waals surface area contributed by atoms with Crippen molar-refractivity contribution in [3.05, 3.63) is 164 Å². The Morgan fingerprint density at radius 2 is 1.09 bits per heavy atom. The fourth-order valence-electron chi connectivity index (χ4n) is 8.42. The van der Waals surface area contributed by atoms with Crippen molar-refractivity contribution in [3.63, 3.8) is 0 Å². The smallest absolute Gasteiger partial charge is 0.248 e. The third-order valence-corrected chi connectivity index (χ3v) is 10.8. The van der Waals surface area contributed by atoms with Crippen molar-refractivity contribution in [1.82, 2.24) is 14.5 Å². The highest BCUT2D eigenvalue weighted by atomic mass is 16.3. The summed E-state index contributed by atoms with van der Waals surface area (Å²) in [5, 5.41) is 9.96. The molecule has 0 saturated carbocycles. The lowest BCUT2D eigenvalue weighted by molar-refractivity contribution is 0.651. The highest BCUT2D eigenvalue weighted by molar-refractivity contribution is 6.35. The van der Waals surface area contributed by atoms with E-state index in [4.69, 9.17) is 18.8 Å². The number of rotatable bonds is 3. The molecule has 53 heavy (non-hydrogen) atoms. The molecule has 0 radical (unpaired) electrons. The van der Waals surface area contributed by atoms with Crippen LogP contribution in [0.1, 0.15) is 0 Å². The second-order valence-corrected chi connectivity index (χ2v) is 13.7. The van der Waals surface area contributed by atoms with E-state index in [9.17, 15) is 0 Å². The predicted octanol–water partition coefficient (Wildman–Crippen LogP) is 13.0. The standard InChI is InChI=1S/C48H27N3O2/c1-2-13-28(14-3-1)29-17-12-18-32(25-29)43-47(50-48-44(49-43)36-22-9-11-24-39(36)53-48)51-38-23-10-8-21-35(38)41-33-19-6-7-20-34(33)42-37-26-30-15-4-5-16-31(30)27-40(37)52-46(42)45(41)51/h1-27H. The average Bonchev–Trinajstić information content (AvgIpc) is 3.89. The van der Waals surface area contributed by atoms with E-state index in [1.54, 1.807) is 0 Å². The molecule has 0 fully saturated rings. The third-order valence-electron chi connectivity index (χ3n) is 10.8. The van der Waals surface area contributed by atoms with Crippen LogP contribution in [0.2, 0.25) is 0 Å². The molecular formula is C48H27N3O2. The van der Waals surface area contributed by atoms with Gasteiger partial charge in [0.05, 0.1) is 11.0 Å². The molecule has 0 atom stereocenters. The SMILES string of the molecule is c1ccc(-c2cccc(-c3nc4c(nc3-n3c5ccccc5c5c6ccccc6c6c7cc8ccccc8cc7oc6c53)oc3ccccc34)c2)cc1. The molecule has 5 nitrogen and oxygen atoms in total. The van der Waals surface area contributed by atoms with Gasteiger partial charge in [-0.3, -0.25) is 4.57 Å². The maximum absolute atomic E-state index is 7.04. The van der Waals surface area contributed by atoms with Gasteiger partial charge in [0.2, 0.25) is 5.71 Å². The summed E-state index contributed by atoms with van der Waals surface area (Å²) in [5.74, 6) is 0.676. The predicted molar refractivity (Wildman–Crippen MR) is 217 cm³/mol. The zero-order valence-corrected chi connectivity index (χ0v) is 28.2. The average molecular weight is 678 g/mol. The molecule has 0 aliphatic rings. The molecule has 5 heteroatoms. The first-order valence-corrected chi connectivity index (χ1v) is 17.8. The minimum absolute atomic E-state index is 0.489. The minimum Gasteiger partial charge on any atom is -0.454 e. The van der Waals surface area contributed by atoms with Crippen LogP contribution < -0.4 is 0 Å². The number of benzene rings is 8. The molecule has 8 aromatic carbocycles. The van der Waals surface area contributed by atoms with Gasteiger partial charge in [-0.05, 0) is 69.1 Å². The van der Waals surface area contributed by atoms with Gasteiger partial charge in [-0.15, -0.1) is 0 Å².